The van der Waals surface area contributed by atoms with E-state index in [2.05, 4.69) is 46.9 Å². The summed E-state index contributed by atoms with van der Waals surface area (Å²) in [4.78, 5) is 0. The Balaban J connectivity index is 1.97. The third-order valence-electron chi connectivity index (χ3n) is 6.89. The molecule has 154 valence electrons. The number of hydrogen-bond acceptors (Lipinski definition) is 0. The molecule has 0 N–H and O–H groups in total. The van der Waals surface area contributed by atoms with E-state index in [-0.39, 0.29) is 3.63 Å². The van der Waals surface area contributed by atoms with Gasteiger partial charge in [-0.2, -0.15) is 0 Å². The summed E-state index contributed by atoms with van der Waals surface area (Å²) in [7, 11) is 0. The molecule has 2 aromatic carbocycles. The number of benzene rings is 2. The average molecular weight is 498 g/mol. The molecule has 0 radical (unpaired) electrons. The molecule has 30 heavy (non-hydrogen) atoms. The molecule has 0 saturated heterocycles. The first-order chi connectivity index (χ1) is 14.2. The van der Waals surface area contributed by atoms with E-state index in [9.17, 15) is 4.39 Å². The molecule has 2 atom stereocenters. The molecule has 0 heterocycles. The first kappa shape index (κ1) is 21.8. The van der Waals surface area contributed by atoms with Crippen molar-refractivity contribution in [2.45, 2.75) is 44.4 Å². The van der Waals surface area contributed by atoms with Gasteiger partial charge >= 0.3 is 187 Å². The quantitative estimate of drug-likeness (QED) is 0.383. The van der Waals surface area contributed by atoms with Crippen molar-refractivity contribution in [2.24, 2.45) is 5.92 Å². The van der Waals surface area contributed by atoms with E-state index in [1.165, 1.54) is 16.7 Å². The summed E-state index contributed by atoms with van der Waals surface area (Å²) in [5.41, 5.74) is 7.24. The number of hydrogen-bond donors (Lipinski definition) is 0. The molecule has 2 unspecified atom stereocenters. The van der Waals surface area contributed by atoms with Crippen LogP contribution in [-0.2, 0) is 20.4 Å². The van der Waals surface area contributed by atoms with Crippen LogP contribution in [0, 0.1) is 17.6 Å². The standard InChI is InChI=1S/C15H9F2.C9H13.C2H6Si.Zr/c16-12-8-11-6-7-13(15(11)14(17)9-12)10-4-2-1-3-5-10;1-6-5-7(2)9(4)8(6)3;1-3-2;/h1-9H;6H,1-4H3;1-2H3;. The molecule has 0 aromatic heterocycles. The summed E-state index contributed by atoms with van der Waals surface area (Å²) in [6, 6.07) is 12.7. The first-order valence-electron chi connectivity index (χ1n) is 10.5. The molecule has 0 nitrogen and oxygen atoms in total. The Morgan fingerprint density at radius 1 is 0.933 bits per heavy atom. The Morgan fingerprint density at radius 2 is 1.60 bits per heavy atom. The Labute approximate surface area is 186 Å². The van der Waals surface area contributed by atoms with Crippen LogP contribution in [0.5, 0.6) is 0 Å². The molecule has 4 heteroatoms. The fourth-order valence-corrected chi connectivity index (χ4v) is 24.7. The predicted octanol–water partition coefficient (Wildman–Crippen LogP) is 7.58. The molecule has 2 aromatic rings. The molecular formula is C26H28F2SiZr. The molecular weight excluding hydrogens is 470 g/mol. The second kappa shape index (κ2) is 8.28. The SMILES string of the molecule is CC1=C(C)C(C)[C]([Zr]([CH]2C=C(c3ccccc3)c3c(F)cc(F)cc32)=[Si](C)C)=C1C. The summed E-state index contributed by atoms with van der Waals surface area (Å²) in [6.45, 7) is 13.9. The van der Waals surface area contributed by atoms with E-state index in [4.69, 9.17) is 0 Å². The van der Waals surface area contributed by atoms with Gasteiger partial charge in [0.2, 0.25) is 0 Å². The fraction of sp³-hybridized carbons (Fsp3) is 0.308. The van der Waals surface area contributed by atoms with Gasteiger partial charge in [0.15, 0.2) is 0 Å². The summed E-state index contributed by atoms with van der Waals surface area (Å²) in [5.74, 6) is -0.421. The van der Waals surface area contributed by atoms with Crippen molar-refractivity contribution in [3.8, 4) is 0 Å². The van der Waals surface area contributed by atoms with Crippen molar-refractivity contribution in [2.75, 3.05) is 0 Å². The van der Waals surface area contributed by atoms with Crippen LogP contribution in [0.15, 0.2) is 68.5 Å². The number of fused-ring (bicyclic) bond motifs is 1. The van der Waals surface area contributed by atoms with E-state index in [1.807, 2.05) is 30.3 Å². The zero-order valence-electron chi connectivity index (χ0n) is 18.5. The van der Waals surface area contributed by atoms with E-state index in [0.29, 0.717) is 11.5 Å². The van der Waals surface area contributed by atoms with Crippen LogP contribution in [-0.4, -0.2) is 5.43 Å². The summed E-state index contributed by atoms with van der Waals surface area (Å²) in [5, 5.41) is 0. The monoisotopic (exact) mass is 496 g/mol. The molecule has 0 spiro atoms. The topological polar surface area (TPSA) is 0 Å². The Morgan fingerprint density at radius 3 is 2.17 bits per heavy atom. The van der Waals surface area contributed by atoms with Gasteiger partial charge in [0.1, 0.15) is 0 Å². The molecule has 4 rings (SSSR count). The average Bonchev–Trinajstić information content (AvgIpc) is 3.16. The third-order valence-corrected chi connectivity index (χ3v) is 25.5. The molecule has 2 aliphatic rings. The number of halogens is 2. The summed E-state index contributed by atoms with van der Waals surface area (Å²) >= 11 is -2.27. The Kier molecular flexibility index (Phi) is 6.03. The van der Waals surface area contributed by atoms with E-state index in [0.717, 1.165) is 22.8 Å². The normalized spacial score (nSPS) is 20.6. The van der Waals surface area contributed by atoms with Gasteiger partial charge in [-0.15, -0.1) is 0 Å². The minimum absolute atomic E-state index is 0.192. The van der Waals surface area contributed by atoms with Crippen LogP contribution in [0.4, 0.5) is 8.78 Å². The maximum atomic E-state index is 15.1. The van der Waals surface area contributed by atoms with E-state index < -0.39 is 37.4 Å². The van der Waals surface area contributed by atoms with Gasteiger partial charge in [-0.25, -0.2) is 0 Å². The van der Waals surface area contributed by atoms with Crippen LogP contribution in [0.3, 0.4) is 0 Å². The Hall–Kier alpha value is -1.38. The summed E-state index contributed by atoms with van der Waals surface area (Å²) < 4.78 is 31.4. The van der Waals surface area contributed by atoms with E-state index in [1.54, 1.807) is 9.35 Å². The zero-order valence-corrected chi connectivity index (χ0v) is 22.0. The van der Waals surface area contributed by atoms with Crippen LogP contribution in [0.1, 0.15) is 48.0 Å². The molecule has 0 saturated carbocycles. The van der Waals surface area contributed by atoms with E-state index >= 15 is 4.39 Å². The number of rotatable bonds is 3. The molecule has 0 fully saturated rings. The van der Waals surface area contributed by atoms with Crippen molar-refractivity contribution >= 4 is 11.0 Å². The fourth-order valence-electron chi connectivity index (χ4n) is 5.11. The second-order valence-corrected chi connectivity index (χ2v) is 26.2. The van der Waals surface area contributed by atoms with Gasteiger partial charge in [0.05, 0.1) is 0 Å². The maximum absolute atomic E-state index is 15.1. The zero-order chi connectivity index (χ0) is 21.7. The van der Waals surface area contributed by atoms with Crippen molar-refractivity contribution in [3.05, 3.63) is 96.9 Å². The van der Waals surface area contributed by atoms with Crippen LogP contribution < -0.4 is 0 Å². The third kappa shape index (κ3) is 3.50. The molecule has 2 aliphatic carbocycles. The van der Waals surface area contributed by atoms with Crippen LogP contribution in [0.2, 0.25) is 13.1 Å². The van der Waals surface area contributed by atoms with Crippen LogP contribution >= 0.6 is 0 Å². The van der Waals surface area contributed by atoms with Crippen LogP contribution in [0.25, 0.3) is 5.57 Å². The predicted molar refractivity (Wildman–Crippen MR) is 120 cm³/mol. The van der Waals surface area contributed by atoms with Crippen molar-refractivity contribution in [1.82, 2.24) is 0 Å². The molecule has 0 aliphatic heterocycles. The van der Waals surface area contributed by atoms with Gasteiger partial charge in [-0.3, -0.25) is 0 Å². The van der Waals surface area contributed by atoms with Gasteiger partial charge < -0.3 is 0 Å². The first-order valence-corrected chi connectivity index (χ1v) is 19.4. The second-order valence-electron chi connectivity index (χ2n) is 8.76. The minimum atomic E-state index is -2.27. The molecule has 0 bridgehead atoms. The van der Waals surface area contributed by atoms with Gasteiger partial charge in [0, 0.05) is 0 Å². The van der Waals surface area contributed by atoms with Crippen molar-refractivity contribution < 1.29 is 29.1 Å². The van der Waals surface area contributed by atoms with Crippen molar-refractivity contribution in [3.63, 3.8) is 0 Å². The van der Waals surface area contributed by atoms with Crippen molar-refractivity contribution in [1.29, 1.82) is 0 Å². The Bertz CT molecular complexity index is 1170. The van der Waals surface area contributed by atoms with Gasteiger partial charge in [-0.05, 0) is 0 Å². The van der Waals surface area contributed by atoms with Gasteiger partial charge in [0.25, 0.3) is 0 Å². The van der Waals surface area contributed by atoms with Gasteiger partial charge in [-0.1, -0.05) is 0 Å². The summed E-state index contributed by atoms with van der Waals surface area (Å²) in [6.07, 6.45) is 2.30. The number of allylic oxidation sites excluding steroid dienone is 5. The molecule has 0 amide bonds.